The maximum atomic E-state index is 4.76. The van der Waals surface area contributed by atoms with Crippen LogP contribution in [0.2, 0.25) is 0 Å². The lowest BCUT2D eigenvalue weighted by Crippen LogP contribution is -2.10. The lowest BCUT2D eigenvalue weighted by atomic mass is 10.1. The topological polar surface area (TPSA) is 47.7 Å². The summed E-state index contributed by atoms with van der Waals surface area (Å²) in [5.41, 5.74) is 5.08. The minimum atomic E-state index is 0.799. The number of nitrogens with one attached hydrogen (secondary N) is 1. The van der Waals surface area contributed by atoms with Crippen LogP contribution >= 0.6 is 0 Å². The molecule has 0 saturated heterocycles. The average Bonchev–Trinajstić information content (AvgIpc) is 2.94. The smallest absolute Gasteiger partial charge is 0.0693 e. The minimum absolute atomic E-state index is 0.799. The molecule has 0 bridgehead atoms. The third kappa shape index (κ3) is 2.87. The van der Waals surface area contributed by atoms with Gasteiger partial charge in [-0.05, 0) is 19.9 Å². The SMILES string of the molecule is CCc1nn(Cc2cnn(C)c2)c(CC)c1CNC. The number of rotatable bonds is 6. The molecule has 0 atom stereocenters. The van der Waals surface area contributed by atoms with Crippen LogP contribution in [-0.2, 0) is 33.0 Å². The van der Waals surface area contributed by atoms with Gasteiger partial charge in [0.1, 0.15) is 0 Å². The predicted octanol–water partition coefficient (Wildman–Crippen LogP) is 1.51. The first kappa shape index (κ1) is 13.8. The van der Waals surface area contributed by atoms with Gasteiger partial charge in [0.25, 0.3) is 0 Å². The van der Waals surface area contributed by atoms with Crippen LogP contribution < -0.4 is 5.32 Å². The predicted molar refractivity (Wildman–Crippen MR) is 76.1 cm³/mol. The molecule has 0 spiro atoms. The molecule has 5 nitrogen and oxygen atoms in total. The third-order valence-electron chi connectivity index (χ3n) is 3.36. The lowest BCUT2D eigenvalue weighted by molar-refractivity contribution is 0.637. The summed E-state index contributed by atoms with van der Waals surface area (Å²) in [6.45, 7) is 6.04. The van der Waals surface area contributed by atoms with Gasteiger partial charge in [-0.15, -0.1) is 0 Å². The molecule has 104 valence electrons. The molecule has 0 saturated carbocycles. The third-order valence-corrected chi connectivity index (χ3v) is 3.36. The molecule has 0 aliphatic carbocycles. The van der Waals surface area contributed by atoms with Crippen molar-refractivity contribution in [1.82, 2.24) is 24.9 Å². The number of nitrogens with zero attached hydrogens (tertiary/aromatic N) is 4. The van der Waals surface area contributed by atoms with Crippen LogP contribution in [0.4, 0.5) is 0 Å². The highest BCUT2D eigenvalue weighted by Crippen LogP contribution is 2.17. The Morgan fingerprint density at radius 2 is 2.05 bits per heavy atom. The highest BCUT2D eigenvalue weighted by Gasteiger charge is 2.15. The van der Waals surface area contributed by atoms with E-state index >= 15 is 0 Å². The van der Waals surface area contributed by atoms with E-state index in [1.807, 2.05) is 31.2 Å². The van der Waals surface area contributed by atoms with E-state index in [2.05, 4.69) is 28.9 Å². The second-order valence-electron chi connectivity index (χ2n) is 4.79. The van der Waals surface area contributed by atoms with E-state index in [0.717, 1.165) is 25.9 Å². The van der Waals surface area contributed by atoms with Crippen LogP contribution in [0.1, 0.15) is 36.4 Å². The zero-order valence-electron chi connectivity index (χ0n) is 12.3. The van der Waals surface area contributed by atoms with Gasteiger partial charge in [-0.1, -0.05) is 13.8 Å². The van der Waals surface area contributed by atoms with Crippen LogP contribution in [0, 0.1) is 0 Å². The van der Waals surface area contributed by atoms with Gasteiger partial charge in [0.05, 0.1) is 18.4 Å². The molecule has 1 N–H and O–H groups in total. The van der Waals surface area contributed by atoms with Crippen LogP contribution in [0.25, 0.3) is 0 Å². The summed E-state index contributed by atoms with van der Waals surface area (Å²) in [6.07, 6.45) is 5.93. The fourth-order valence-corrected chi connectivity index (χ4v) is 2.51. The molecule has 0 unspecified atom stereocenters. The molecule has 2 aromatic rings. The Morgan fingerprint density at radius 3 is 2.58 bits per heavy atom. The molecule has 0 aromatic carbocycles. The quantitative estimate of drug-likeness (QED) is 0.857. The van der Waals surface area contributed by atoms with Gasteiger partial charge in [-0.3, -0.25) is 9.36 Å². The summed E-state index contributed by atoms with van der Waals surface area (Å²) in [5.74, 6) is 0. The van der Waals surface area contributed by atoms with Gasteiger partial charge in [-0.25, -0.2) is 0 Å². The van der Waals surface area contributed by atoms with Gasteiger partial charge in [0, 0.05) is 36.6 Å². The monoisotopic (exact) mass is 261 g/mol. The molecule has 0 aliphatic rings. The lowest BCUT2D eigenvalue weighted by Gasteiger charge is -2.06. The molecule has 2 rings (SSSR count). The van der Waals surface area contributed by atoms with E-state index in [0.29, 0.717) is 0 Å². The normalized spacial score (nSPS) is 11.2. The van der Waals surface area contributed by atoms with Crippen molar-refractivity contribution in [1.29, 1.82) is 0 Å². The summed E-state index contributed by atoms with van der Waals surface area (Å²) < 4.78 is 3.96. The second kappa shape index (κ2) is 6.02. The first-order valence-electron chi connectivity index (χ1n) is 6.89. The standard InChI is InChI=1S/C14H23N5/c1-5-13-12(8-15-3)14(6-2)19(17-13)10-11-7-16-18(4)9-11/h7,9,15H,5-6,8,10H2,1-4H3. The maximum absolute atomic E-state index is 4.76. The van der Waals surface area contributed by atoms with Crippen molar-refractivity contribution in [2.45, 2.75) is 39.8 Å². The minimum Gasteiger partial charge on any atom is -0.316 e. The largest absolute Gasteiger partial charge is 0.316 e. The summed E-state index contributed by atoms with van der Waals surface area (Å²) in [4.78, 5) is 0. The second-order valence-corrected chi connectivity index (χ2v) is 4.79. The first-order chi connectivity index (χ1) is 9.19. The van der Waals surface area contributed by atoms with Crippen molar-refractivity contribution in [3.05, 3.63) is 34.9 Å². The Kier molecular flexibility index (Phi) is 4.37. The Bertz CT molecular complexity index is 538. The van der Waals surface area contributed by atoms with Crippen LogP contribution in [0.3, 0.4) is 0 Å². The Labute approximate surface area is 114 Å². The number of aryl methyl sites for hydroxylation is 2. The van der Waals surface area contributed by atoms with Crippen LogP contribution in [0.5, 0.6) is 0 Å². The van der Waals surface area contributed by atoms with E-state index in [-0.39, 0.29) is 0 Å². The zero-order valence-corrected chi connectivity index (χ0v) is 12.3. The Morgan fingerprint density at radius 1 is 1.26 bits per heavy atom. The molecule has 2 heterocycles. The van der Waals surface area contributed by atoms with Gasteiger partial charge in [-0.2, -0.15) is 10.2 Å². The van der Waals surface area contributed by atoms with Crippen molar-refractivity contribution in [2.75, 3.05) is 7.05 Å². The summed E-state index contributed by atoms with van der Waals surface area (Å²) in [6, 6.07) is 0. The van der Waals surface area contributed by atoms with Crippen molar-refractivity contribution < 1.29 is 0 Å². The van der Waals surface area contributed by atoms with Crippen LogP contribution in [0.15, 0.2) is 12.4 Å². The molecule has 0 radical (unpaired) electrons. The van der Waals surface area contributed by atoms with Gasteiger partial charge >= 0.3 is 0 Å². The van der Waals surface area contributed by atoms with Crippen molar-refractivity contribution >= 4 is 0 Å². The first-order valence-corrected chi connectivity index (χ1v) is 6.89. The number of hydrogen-bond donors (Lipinski definition) is 1. The van der Waals surface area contributed by atoms with Gasteiger partial charge in [0.15, 0.2) is 0 Å². The summed E-state index contributed by atoms with van der Waals surface area (Å²) in [7, 11) is 3.93. The van der Waals surface area contributed by atoms with E-state index in [1.54, 1.807) is 0 Å². The molecular formula is C14H23N5. The van der Waals surface area contributed by atoms with Crippen molar-refractivity contribution in [2.24, 2.45) is 7.05 Å². The van der Waals surface area contributed by atoms with Gasteiger partial charge < -0.3 is 5.32 Å². The highest BCUT2D eigenvalue weighted by molar-refractivity contribution is 5.27. The zero-order chi connectivity index (χ0) is 13.8. The van der Waals surface area contributed by atoms with Gasteiger partial charge in [0.2, 0.25) is 0 Å². The average molecular weight is 261 g/mol. The Hall–Kier alpha value is -1.62. The Balaban J connectivity index is 2.33. The molecule has 0 amide bonds. The van der Waals surface area contributed by atoms with Crippen molar-refractivity contribution in [3.8, 4) is 0 Å². The fourth-order valence-electron chi connectivity index (χ4n) is 2.51. The molecule has 5 heteroatoms. The molecule has 0 fully saturated rings. The number of aromatic nitrogens is 4. The number of hydrogen-bond acceptors (Lipinski definition) is 3. The molecular weight excluding hydrogens is 238 g/mol. The van der Waals surface area contributed by atoms with E-state index in [1.165, 1.54) is 22.5 Å². The van der Waals surface area contributed by atoms with Crippen molar-refractivity contribution in [3.63, 3.8) is 0 Å². The van der Waals surface area contributed by atoms with Crippen LogP contribution in [-0.4, -0.2) is 26.6 Å². The van der Waals surface area contributed by atoms with E-state index in [9.17, 15) is 0 Å². The fraction of sp³-hybridized carbons (Fsp3) is 0.571. The highest BCUT2D eigenvalue weighted by atomic mass is 15.3. The summed E-state index contributed by atoms with van der Waals surface area (Å²) >= 11 is 0. The van der Waals surface area contributed by atoms with E-state index < -0.39 is 0 Å². The molecule has 2 aromatic heterocycles. The molecule has 19 heavy (non-hydrogen) atoms. The maximum Gasteiger partial charge on any atom is 0.0693 e. The molecule has 0 aliphatic heterocycles. The summed E-state index contributed by atoms with van der Waals surface area (Å²) in [5, 5.41) is 12.2. The van der Waals surface area contributed by atoms with E-state index in [4.69, 9.17) is 5.10 Å².